The number of carbonyl (C=O) groups excluding carboxylic acids is 2. The highest BCUT2D eigenvalue weighted by Crippen LogP contribution is 2.28. The lowest BCUT2D eigenvalue weighted by atomic mass is 10.3. The molecule has 1 saturated carbocycles. The average molecular weight is 226 g/mol. The first-order chi connectivity index (χ1) is 7.75. The third-order valence-corrected chi connectivity index (χ3v) is 2.89. The molecule has 0 atom stereocenters. The number of nitrogens with zero attached hydrogens (tertiary/aromatic N) is 1. The van der Waals surface area contributed by atoms with Crippen molar-refractivity contribution in [1.82, 2.24) is 10.2 Å². The molecule has 0 aromatic carbocycles. The molecule has 0 aromatic rings. The normalized spacial score (nSPS) is 21.1. The fraction of sp³-hybridized carbons (Fsp3) is 0.818. The van der Waals surface area contributed by atoms with Gasteiger partial charge in [-0.05, 0) is 25.2 Å². The summed E-state index contributed by atoms with van der Waals surface area (Å²) in [6.07, 6.45) is 3.40. The number of ether oxygens (including phenoxy) is 1. The number of amides is 2. The van der Waals surface area contributed by atoms with Gasteiger partial charge in [0.25, 0.3) is 0 Å². The van der Waals surface area contributed by atoms with Crippen LogP contribution in [0.25, 0.3) is 0 Å². The summed E-state index contributed by atoms with van der Waals surface area (Å²) in [7, 11) is 0. The molecule has 0 radical (unpaired) electrons. The van der Waals surface area contributed by atoms with Crippen molar-refractivity contribution < 1.29 is 14.3 Å². The molecule has 90 valence electrons. The highest BCUT2D eigenvalue weighted by atomic mass is 16.5. The zero-order chi connectivity index (χ0) is 11.4. The van der Waals surface area contributed by atoms with Crippen LogP contribution in [0.4, 0.5) is 0 Å². The molecule has 1 N–H and O–H groups in total. The van der Waals surface area contributed by atoms with Crippen molar-refractivity contribution in [3.05, 3.63) is 0 Å². The van der Waals surface area contributed by atoms with E-state index < -0.39 is 0 Å². The van der Waals surface area contributed by atoms with Crippen molar-refractivity contribution in [3.8, 4) is 0 Å². The Bertz CT molecular complexity index is 276. The lowest BCUT2D eigenvalue weighted by Gasteiger charge is -2.26. The van der Waals surface area contributed by atoms with Gasteiger partial charge in [-0.15, -0.1) is 0 Å². The molecule has 2 rings (SSSR count). The predicted octanol–water partition coefficient (Wildman–Crippen LogP) is -0.238. The molecule has 0 aromatic heterocycles. The van der Waals surface area contributed by atoms with Crippen molar-refractivity contribution in [3.63, 3.8) is 0 Å². The predicted molar refractivity (Wildman–Crippen MR) is 57.7 cm³/mol. The van der Waals surface area contributed by atoms with Gasteiger partial charge in [0.05, 0.1) is 13.1 Å². The zero-order valence-corrected chi connectivity index (χ0v) is 9.41. The second-order valence-corrected chi connectivity index (χ2v) is 4.46. The first-order valence-electron chi connectivity index (χ1n) is 5.88. The number of hydrogen-bond donors (Lipinski definition) is 1. The number of nitrogens with one attached hydrogen (secondary N) is 1. The van der Waals surface area contributed by atoms with E-state index in [1.807, 2.05) is 0 Å². The Hall–Kier alpha value is -1.10. The third-order valence-electron chi connectivity index (χ3n) is 2.89. The topological polar surface area (TPSA) is 58.6 Å². The first kappa shape index (κ1) is 11.4. The SMILES string of the molecule is O=C1CN(CCCOCC2CC2)C(=O)CN1. The van der Waals surface area contributed by atoms with Gasteiger partial charge in [-0.3, -0.25) is 9.59 Å². The van der Waals surface area contributed by atoms with E-state index in [0.29, 0.717) is 13.2 Å². The van der Waals surface area contributed by atoms with Crippen LogP contribution in [-0.4, -0.2) is 49.6 Å². The van der Waals surface area contributed by atoms with Crippen LogP contribution in [0.3, 0.4) is 0 Å². The summed E-state index contributed by atoms with van der Waals surface area (Å²) in [5.74, 6) is 0.711. The van der Waals surface area contributed by atoms with Gasteiger partial charge in [0, 0.05) is 19.8 Å². The number of hydrogen-bond acceptors (Lipinski definition) is 3. The number of carbonyl (C=O) groups is 2. The zero-order valence-electron chi connectivity index (χ0n) is 9.41. The molecule has 1 aliphatic carbocycles. The van der Waals surface area contributed by atoms with E-state index >= 15 is 0 Å². The third kappa shape index (κ3) is 3.48. The van der Waals surface area contributed by atoms with Gasteiger partial charge in [0.1, 0.15) is 0 Å². The summed E-state index contributed by atoms with van der Waals surface area (Å²) >= 11 is 0. The smallest absolute Gasteiger partial charge is 0.242 e. The highest BCUT2D eigenvalue weighted by molar-refractivity contribution is 5.92. The van der Waals surface area contributed by atoms with E-state index in [1.165, 1.54) is 12.8 Å². The minimum absolute atomic E-state index is 0.00166. The second-order valence-electron chi connectivity index (χ2n) is 4.46. The fourth-order valence-electron chi connectivity index (χ4n) is 1.70. The van der Waals surface area contributed by atoms with E-state index in [0.717, 1.165) is 18.9 Å². The Morgan fingerprint density at radius 2 is 2.19 bits per heavy atom. The lowest BCUT2D eigenvalue weighted by Crippen LogP contribution is -2.51. The van der Waals surface area contributed by atoms with Crippen LogP contribution in [0.5, 0.6) is 0 Å². The summed E-state index contributed by atoms with van der Waals surface area (Å²) in [4.78, 5) is 24.1. The van der Waals surface area contributed by atoms with Gasteiger partial charge in [0.15, 0.2) is 0 Å². The van der Waals surface area contributed by atoms with Gasteiger partial charge >= 0.3 is 0 Å². The van der Waals surface area contributed by atoms with Crippen molar-refractivity contribution in [2.24, 2.45) is 5.92 Å². The van der Waals surface area contributed by atoms with Crippen LogP contribution in [0, 0.1) is 5.92 Å². The Balaban J connectivity index is 1.56. The molecule has 1 aliphatic heterocycles. The maximum Gasteiger partial charge on any atom is 0.242 e. The molecular formula is C11H18N2O3. The molecule has 1 heterocycles. The van der Waals surface area contributed by atoms with Crippen molar-refractivity contribution >= 4 is 11.8 Å². The van der Waals surface area contributed by atoms with E-state index in [2.05, 4.69) is 5.32 Å². The van der Waals surface area contributed by atoms with Crippen LogP contribution in [0.15, 0.2) is 0 Å². The van der Waals surface area contributed by atoms with Gasteiger partial charge in [-0.1, -0.05) is 0 Å². The lowest BCUT2D eigenvalue weighted by molar-refractivity contribution is -0.140. The Morgan fingerprint density at radius 3 is 2.94 bits per heavy atom. The van der Waals surface area contributed by atoms with Crippen molar-refractivity contribution in [1.29, 1.82) is 0 Å². The molecule has 2 amide bonds. The molecule has 1 saturated heterocycles. The fourth-order valence-corrected chi connectivity index (χ4v) is 1.70. The number of rotatable bonds is 6. The molecule has 5 nitrogen and oxygen atoms in total. The van der Waals surface area contributed by atoms with Gasteiger partial charge < -0.3 is 15.0 Å². The average Bonchev–Trinajstić information content (AvgIpc) is 3.06. The van der Waals surface area contributed by atoms with Crippen LogP contribution < -0.4 is 5.32 Å². The van der Waals surface area contributed by atoms with E-state index in [-0.39, 0.29) is 24.9 Å². The van der Waals surface area contributed by atoms with Crippen molar-refractivity contribution in [2.45, 2.75) is 19.3 Å². The first-order valence-corrected chi connectivity index (χ1v) is 5.88. The minimum atomic E-state index is -0.0708. The summed E-state index contributed by atoms with van der Waals surface area (Å²) in [5.41, 5.74) is 0. The Kier molecular flexibility index (Phi) is 3.77. The maximum absolute atomic E-state index is 11.4. The molecule has 2 fully saturated rings. The highest BCUT2D eigenvalue weighted by Gasteiger charge is 2.23. The quantitative estimate of drug-likeness (QED) is 0.636. The van der Waals surface area contributed by atoms with Gasteiger partial charge in [-0.25, -0.2) is 0 Å². The molecule has 0 spiro atoms. The summed E-state index contributed by atoms with van der Waals surface area (Å²) in [6.45, 7) is 2.50. The van der Waals surface area contributed by atoms with Crippen LogP contribution in [0.2, 0.25) is 0 Å². The monoisotopic (exact) mass is 226 g/mol. The molecule has 2 aliphatic rings. The van der Waals surface area contributed by atoms with Crippen LogP contribution >= 0.6 is 0 Å². The van der Waals surface area contributed by atoms with Crippen LogP contribution in [-0.2, 0) is 14.3 Å². The van der Waals surface area contributed by atoms with E-state index in [4.69, 9.17) is 4.74 Å². The second kappa shape index (κ2) is 5.30. The molecule has 16 heavy (non-hydrogen) atoms. The maximum atomic E-state index is 11.4. The summed E-state index contributed by atoms with van der Waals surface area (Å²) < 4.78 is 5.47. The molecule has 0 bridgehead atoms. The van der Waals surface area contributed by atoms with Crippen molar-refractivity contribution in [2.75, 3.05) is 32.8 Å². The van der Waals surface area contributed by atoms with Crippen LogP contribution in [0.1, 0.15) is 19.3 Å². The summed E-state index contributed by atoms with van der Waals surface area (Å²) in [6, 6.07) is 0. The Morgan fingerprint density at radius 1 is 1.38 bits per heavy atom. The van der Waals surface area contributed by atoms with E-state index in [1.54, 1.807) is 4.90 Å². The number of piperazine rings is 1. The molecular weight excluding hydrogens is 208 g/mol. The minimum Gasteiger partial charge on any atom is -0.381 e. The Labute approximate surface area is 95.1 Å². The molecule has 5 heteroatoms. The largest absolute Gasteiger partial charge is 0.381 e. The van der Waals surface area contributed by atoms with E-state index in [9.17, 15) is 9.59 Å². The summed E-state index contributed by atoms with van der Waals surface area (Å²) in [5, 5.41) is 2.53. The standard InChI is InChI=1S/C11H18N2O3/c14-10-7-13(11(15)6-12-10)4-1-5-16-8-9-2-3-9/h9H,1-8H2,(H,12,14). The van der Waals surface area contributed by atoms with Gasteiger partial charge in [-0.2, -0.15) is 0 Å². The molecule has 0 unspecified atom stereocenters. The van der Waals surface area contributed by atoms with Gasteiger partial charge in [0.2, 0.25) is 11.8 Å².